The predicted octanol–water partition coefficient (Wildman–Crippen LogP) is 0.387. The van der Waals surface area contributed by atoms with Crippen LogP contribution < -0.4 is 15.1 Å². The third kappa shape index (κ3) is 3.58. The van der Waals surface area contributed by atoms with Gasteiger partial charge in [-0.3, -0.25) is 0 Å². The summed E-state index contributed by atoms with van der Waals surface area (Å²) in [4.78, 5) is 30.8. The van der Waals surface area contributed by atoms with Gasteiger partial charge in [0.15, 0.2) is 0 Å². The number of carbonyl (C=O) groups is 2. The molecule has 3 N–H and O–H groups in total. The van der Waals surface area contributed by atoms with Gasteiger partial charge >= 0.3 is 129 Å². The molecule has 0 bridgehead atoms. The van der Waals surface area contributed by atoms with Crippen LogP contribution in [0.1, 0.15) is 10.5 Å². The van der Waals surface area contributed by atoms with E-state index in [1.54, 1.807) is 24.3 Å². The van der Waals surface area contributed by atoms with Crippen molar-refractivity contribution in [2.24, 2.45) is 0 Å². The summed E-state index contributed by atoms with van der Waals surface area (Å²) < 4.78 is 0.463. The molecule has 0 aliphatic heterocycles. The van der Waals surface area contributed by atoms with Crippen LogP contribution in [-0.4, -0.2) is 51.0 Å². The van der Waals surface area contributed by atoms with Crippen molar-refractivity contribution in [1.82, 2.24) is 15.3 Å². The standard InChI is InChI=1S/C13H11AsN4O3/c1-15-12(19)10-11(14)16-6-9(18-10)7-3-2-4-8(5-7)17-13(20)21/h2-6,17H,1H3,(H,15,19)(H,20,21). The number of rotatable bonds is 3. The van der Waals surface area contributed by atoms with Gasteiger partial charge in [-0.25, -0.2) is 0 Å². The van der Waals surface area contributed by atoms with Gasteiger partial charge in [-0.1, -0.05) is 0 Å². The molecule has 2 aromatic rings. The van der Waals surface area contributed by atoms with Gasteiger partial charge in [-0.05, 0) is 0 Å². The second kappa shape index (κ2) is 6.37. The monoisotopic (exact) mass is 346 g/mol. The van der Waals surface area contributed by atoms with Crippen molar-refractivity contribution < 1.29 is 14.7 Å². The second-order valence-electron chi connectivity index (χ2n) is 4.02. The molecule has 2 radical (unpaired) electrons. The Morgan fingerprint density at radius 2 is 2.10 bits per heavy atom. The third-order valence-electron chi connectivity index (χ3n) is 2.60. The van der Waals surface area contributed by atoms with Crippen LogP contribution in [-0.2, 0) is 0 Å². The van der Waals surface area contributed by atoms with Crippen LogP contribution in [0.3, 0.4) is 0 Å². The van der Waals surface area contributed by atoms with E-state index in [4.69, 9.17) is 5.11 Å². The summed E-state index contributed by atoms with van der Waals surface area (Å²) >= 11 is 2.19. The first kappa shape index (κ1) is 15.0. The summed E-state index contributed by atoms with van der Waals surface area (Å²) in [6.07, 6.45) is 0.380. The Morgan fingerprint density at radius 1 is 1.33 bits per heavy atom. The first-order valence-corrected chi connectivity index (χ1v) is 6.83. The first-order chi connectivity index (χ1) is 10.0. The Bertz CT molecular complexity index is 706. The molecular formula is C13H11AsN4O3. The van der Waals surface area contributed by atoms with Gasteiger partial charge < -0.3 is 0 Å². The average molecular weight is 346 g/mol. The fourth-order valence-electron chi connectivity index (χ4n) is 1.67. The molecule has 0 aliphatic carbocycles. The number of carboxylic acid groups (broad SMARTS) is 1. The molecule has 1 heterocycles. The van der Waals surface area contributed by atoms with Gasteiger partial charge in [0.05, 0.1) is 0 Å². The van der Waals surface area contributed by atoms with E-state index in [0.29, 0.717) is 21.4 Å². The molecule has 106 valence electrons. The van der Waals surface area contributed by atoms with E-state index in [-0.39, 0.29) is 11.6 Å². The molecule has 0 atom stereocenters. The number of nitrogens with zero attached hydrogens (tertiary/aromatic N) is 2. The summed E-state index contributed by atoms with van der Waals surface area (Å²) in [5, 5.41) is 13.5. The van der Waals surface area contributed by atoms with E-state index in [0.717, 1.165) is 0 Å². The van der Waals surface area contributed by atoms with E-state index in [2.05, 4.69) is 37.5 Å². The van der Waals surface area contributed by atoms with Gasteiger partial charge in [-0.2, -0.15) is 0 Å². The van der Waals surface area contributed by atoms with Crippen molar-refractivity contribution in [1.29, 1.82) is 0 Å². The Balaban J connectivity index is 2.42. The maximum absolute atomic E-state index is 11.7. The van der Waals surface area contributed by atoms with E-state index >= 15 is 0 Å². The van der Waals surface area contributed by atoms with Crippen LogP contribution >= 0.6 is 0 Å². The van der Waals surface area contributed by atoms with Crippen LogP contribution in [0, 0.1) is 0 Å². The number of carbonyl (C=O) groups excluding carboxylic acids is 1. The van der Waals surface area contributed by atoms with Gasteiger partial charge in [0.25, 0.3) is 0 Å². The summed E-state index contributed by atoms with van der Waals surface area (Å²) in [6, 6.07) is 6.69. The van der Waals surface area contributed by atoms with E-state index in [1.807, 2.05) is 0 Å². The molecule has 0 saturated carbocycles. The number of nitrogens with one attached hydrogen (secondary N) is 2. The molecule has 1 aromatic carbocycles. The van der Waals surface area contributed by atoms with Crippen LogP contribution in [0.2, 0.25) is 0 Å². The van der Waals surface area contributed by atoms with Crippen LogP contribution in [0.25, 0.3) is 11.3 Å². The number of hydrogen-bond donors (Lipinski definition) is 3. The van der Waals surface area contributed by atoms with Gasteiger partial charge in [0.2, 0.25) is 0 Å². The second-order valence-corrected chi connectivity index (χ2v) is 4.91. The van der Waals surface area contributed by atoms with E-state index in [1.165, 1.54) is 13.2 Å². The number of aromatic nitrogens is 2. The molecule has 0 saturated heterocycles. The SMILES string of the molecule is CNC(=O)c1nc(-c2cccc(NC(=O)O)c2)cnc1[As]. The molecule has 1 aromatic heterocycles. The van der Waals surface area contributed by atoms with Gasteiger partial charge in [-0.15, -0.1) is 0 Å². The van der Waals surface area contributed by atoms with Crippen LogP contribution in [0.5, 0.6) is 0 Å². The molecule has 0 fully saturated rings. The van der Waals surface area contributed by atoms with Crippen LogP contribution in [0.15, 0.2) is 30.5 Å². The molecule has 2 amide bonds. The van der Waals surface area contributed by atoms with Crippen molar-refractivity contribution in [2.45, 2.75) is 0 Å². The minimum absolute atomic E-state index is 0.214. The van der Waals surface area contributed by atoms with E-state index in [9.17, 15) is 9.59 Å². The minimum atomic E-state index is -1.15. The van der Waals surface area contributed by atoms with Gasteiger partial charge in [0, 0.05) is 0 Å². The molecule has 0 unspecified atom stereocenters. The first-order valence-electron chi connectivity index (χ1n) is 5.89. The number of benzene rings is 1. The quantitative estimate of drug-likeness (QED) is 0.698. The Labute approximate surface area is 129 Å². The molecule has 21 heavy (non-hydrogen) atoms. The molecule has 2 rings (SSSR count). The van der Waals surface area contributed by atoms with Crippen molar-refractivity contribution in [2.75, 3.05) is 12.4 Å². The summed E-state index contributed by atoms with van der Waals surface area (Å²) in [7, 11) is 1.51. The number of anilines is 1. The van der Waals surface area contributed by atoms with Crippen LogP contribution in [0.4, 0.5) is 10.5 Å². The maximum atomic E-state index is 11.7. The van der Waals surface area contributed by atoms with Crippen molar-refractivity contribution in [3.8, 4) is 11.3 Å². The molecular weight excluding hydrogens is 335 g/mol. The zero-order chi connectivity index (χ0) is 15.4. The molecule has 0 aliphatic rings. The number of amides is 2. The topological polar surface area (TPSA) is 104 Å². The fourth-order valence-corrected chi connectivity index (χ4v) is 2.11. The molecule has 8 heteroatoms. The summed E-state index contributed by atoms with van der Waals surface area (Å²) in [6.45, 7) is 0. The zero-order valence-electron chi connectivity index (χ0n) is 11.0. The summed E-state index contributed by atoms with van der Waals surface area (Å²) in [5.74, 6) is -0.334. The Morgan fingerprint density at radius 3 is 2.76 bits per heavy atom. The number of hydrogen-bond acceptors (Lipinski definition) is 4. The average Bonchev–Trinajstić information content (AvgIpc) is 2.46. The third-order valence-corrected chi connectivity index (χ3v) is 3.29. The van der Waals surface area contributed by atoms with Crippen molar-refractivity contribution >= 4 is 39.0 Å². The summed E-state index contributed by atoms with van der Waals surface area (Å²) in [5.41, 5.74) is 1.77. The fraction of sp³-hybridized carbons (Fsp3) is 0.0769. The normalized spacial score (nSPS) is 10.0. The Hall–Kier alpha value is -2.40. The molecule has 0 spiro atoms. The van der Waals surface area contributed by atoms with Crippen molar-refractivity contribution in [3.63, 3.8) is 0 Å². The van der Waals surface area contributed by atoms with E-state index < -0.39 is 6.09 Å². The van der Waals surface area contributed by atoms with Crippen molar-refractivity contribution in [3.05, 3.63) is 36.2 Å². The molecule has 7 nitrogen and oxygen atoms in total. The van der Waals surface area contributed by atoms with Gasteiger partial charge in [0.1, 0.15) is 0 Å². The predicted molar refractivity (Wildman–Crippen MR) is 77.9 cm³/mol. The Kier molecular flexibility index (Phi) is 4.55. The zero-order valence-corrected chi connectivity index (χ0v) is 12.9.